The first-order valence-electron chi connectivity index (χ1n) is 9.31. The first-order valence-corrected chi connectivity index (χ1v) is 13.7. The van der Waals surface area contributed by atoms with E-state index >= 15 is 0 Å². The number of nitrogens with zero attached hydrogens (tertiary/aromatic N) is 5. The number of aromatic nitrogens is 2. The molecule has 2 rings (SSSR count). The fraction of sp³-hybridized carbons (Fsp3) is 0.526. The molecule has 0 unspecified atom stereocenters. The van der Waals surface area contributed by atoms with Crippen LogP contribution in [0, 0.1) is 5.92 Å². The molecule has 0 aliphatic rings. The van der Waals surface area contributed by atoms with E-state index in [9.17, 15) is 8.42 Å². The van der Waals surface area contributed by atoms with Crippen molar-refractivity contribution in [2.24, 2.45) is 16.1 Å². The first-order chi connectivity index (χ1) is 12.8. The molecular weight excluding hydrogens is 390 g/mol. The summed E-state index contributed by atoms with van der Waals surface area (Å²) in [7, 11) is -3.09. The summed E-state index contributed by atoms with van der Waals surface area (Å²) in [5.74, 6) is 0.587. The minimum atomic E-state index is -3.80. The van der Waals surface area contributed by atoms with Crippen molar-refractivity contribution < 1.29 is 8.42 Å². The second-order valence-corrected chi connectivity index (χ2v) is 15.5. The quantitative estimate of drug-likeness (QED) is 0.494. The van der Waals surface area contributed by atoms with E-state index in [0.29, 0.717) is 17.1 Å². The Hall–Kier alpha value is -1.84. The zero-order valence-corrected chi connectivity index (χ0v) is 19.8. The monoisotopic (exact) mass is 421 g/mol. The van der Waals surface area contributed by atoms with Crippen LogP contribution in [0.4, 0.5) is 11.5 Å². The molecule has 1 aromatic heterocycles. The predicted octanol–water partition coefficient (Wildman–Crippen LogP) is 4.30. The molecule has 0 saturated heterocycles. The van der Waals surface area contributed by atoms with Crippen molar-refractivity contribution in [3.8, 4) is 0 Å². The van der Waals surface area contributed by atoms with Crippen LogP contribution in [0.5, 0.6) is 0 Å². The molecule has 9 heteroatoms. The first kappa shape index (κ1) is 22.4. The topological polar surface area (TPSA) is 79.9 Å². The molecule has 0 aliphatic heterocycles. The van der Waals surface area contributed by atoms with E-state index in [1.807, 2.05) is 30.3 Å². The van der Waals surface area contributed by atoms with Gasteiger partial charge >= 0.3 is 10.2 Å². The third-order valence-corrected chi connectivity index (χ3v) is 13.2. The van der Waals surface area contributed by atoms with Crippen LogP contribution in [0.25, 0.3) is 0 Å². The Morgan fingerprint density at radius 2 is 1.68 bits per heavy atom. The van der Waals surface area contributed by atoms with Gasteiger partial charge in [-0.2, -0.15) is 16.7 Å². The summed E-state index contributed by atoms with van der Waals surface area (Å²) in [5, 5.41) is 8.35. The van der Waals surface area contributed by atoms with Gasteiger partial charge in [0.05, 0.1) is 11.9 Å². The van der Waals surface area contributed by atoms with Crippen molar-refractivity contribution in [3.05, 3.63) is 36.5 Å². The molecule has 0 atom stereocenters. The Balaban J connectivity index is 2.69. The van der Waals surface area contributed by atoms with Gasteiger partial charge in [0.15, 0.2) is 5.82 Å². The molecule has 0 aliphatic carbocycles. The number of azo groups is 1. The summed E-state index contributed by atoms with van der Waals surface area (Å²) < 4.78 is 28.8. The molecule has 2 aromatic rings. The maximum atomic E-state index is 13.2. The largest absolute Gasteiger partial charge is 0.309 e. The maximum Gasteiger partial charge on any atom is 0.309 e. The number of hydrogen-bond donors (Lipinski definition) is 0. The van der Waals surface area contributed by atoms with Gasteiger partial charge in [-0.25, -0.2) is 4.98 Å². The molecular formula is C19H31N5O2SSi. The van der Waals surface area contributed by atoms with Crippen LogP contribution in [0.15, 0.2) is 46.8 Å². The lowest BCUT2D eigenvalue weighted by molar-refractivity contribution is 0.460. The molecule has 0 N–H and O–H groups in total. The smallest absolute Gasteiger partial charge is 0.244 e. The van der Waals surface area contributed by atoms with Crippen LogP contribution >= 0.6 is 0 Å². The minimum absolute atomic E-state index is 0.0776. The van der Waals surface area contributed by atoms with Crippen molar-refractivity contribution in [1.82, 2.24) is 13.3 Å². The molecule has 1 heterocycles. The summed E-state index contributed by atoms with van der Waals surface area (Å²) in [6, 6.07) is 9.22. The number of hydrogen-bond acceptors (Lipinski definition) is 5. The van der Waals surface area contributed by atoms with Gasteiger partial charge in [-0.3, -0.25) is 0 Å². The van der Waals surface area contributed by atoms with Crippen molar-refractivity contribution in [2.75, 3.05) is 14.1 Å². The Morgan fingerprint density at radius 3 is 2.18 bits per heavy atom. The van der Waals surface area contributed by atoms with E-state index in [-0.39, 0.29) is 10.9 Å². The summed E-state index contributed by atoms with van der Waals surface area (Å²) in [4.78, 5) is 4.56. The van der Waals surface area contributed by atoms with Crippen LogP contribution in [-0.4, -0.2) is 43.8 Å². The lowest BCUT2D eigenvalue weighted by Gasteiger charge is -2.42. The molecule has 0 radical (unpaired) electrons. The molecule has 0 saturated carbocycles. The van der Waals surface area contributed by atoms with Gasteiger partial charge < -0.3 is 0 Å². The molecule has 154 valence electrons. The number of imidazole rings is 1. The lowest BCUT2D eigenvalue weighted by atomic mass is 9.99. The van der Waals surface area contributed by atoms with E-state index in [4.69, 9.17) is 0 Å². The summed E-state index contributed by atoms with van der Waals surface area (Å²) in [6.45, 7) is 13.0. The van der Waals surface area contributed by atoms with Gasteiger partial charge in [0.1, 0.15) is 13.5 Å². The Morgan fingerprint density at radius 1 is 1.11 bits per heavy atom. The van der Waals surface area contributed by atoms with E-state index < -0.39 is 18.3 Å². The molecule has 0 amide bonds. The number of rotatable bonds is 7. The minimum Gasteiger partial charge on any atom is -0.244 e. The molecule has 0 spiro atoms. The average Bonchev–Trinajstić information content (AvgIpc) is 3.05. The summed E-state index contributed by atoms with van der Waals surface area (Å²) in [6.07, 6.45) is 1.51. The predicted molar refractivity (Wildman–Crippen MR) is 117 cm³/mol. The Kier molecular flexibility index (Phi) is 6.32. The highest BCUT2D eigenvalue weighted by Crippen LogP contribution is 2.44. The molecule has 28 heavy (non-hydrogen) atoms. The fourth-order valence-electron chi connectivity index (χ4n) is 2.82. The molecule has 0 fully saturated rings. The van der Waals surface area contributed by atoms with Crippen LogP contribution < -0.4 is 5.45 Å². The van der Waals surface area contributed by atoms with Crippen molar-refractivity contribution >= 4 is 35.2 Å². The molecule has 1 aromatic carbocycles. The summed E-state index contributed by atoms with van der Waals surface area (Å²) >= 11 is 0. The standard InChI is InChI=1S/C19H31N5O2SSi/c1-15(2)19(3,4)28(7,8)18-20-14-17(24(18)27(25,26)23(5)6)22-21-16-12-10-9-11-13-16/h9-15H,1-8H3. The van der Waals surface area contributed by atoms with Gasteiger partial charge in [0.25, 0.3) is 0 Å². The van der Waals surface area contributed by atoms with Gasteiger partial charge in [0, 0.05) is 14.1 Å². The third-order valence-electron chi connectivity index (χ3n) is 6.03. The van der Waals surface area contributed by atoms with Crippen LogP contribution in [-0.2, 0) is 10.2 Å². The summed E-state index contributed by atoms with van der Waals surface area (Å²) in [5.41, 5.74) is 1.24. The highest BCUT2D eigenvalue weighted by atomic mass is 32.2. The highest BCUT2D eigenvalue weighted by Gasteiger charge is 2.47. The Bertz CT molecular complexity index is 948. The zero-order valence-electron chi connectivity index (χ0n) is 18.0. The van der Waals surface area contributed by atoms with Crippen molar-refractivity contribution in [3.63, 3.8) is 0 Å². The van der Waals surface area contributed by atoms with Crippen LogP contribution in [0.2, 0.25) is 18.1 Å². The van der Waals surface area contributed by atoms with Gasteiger partial charge in [-0.05, 0) is 23.1 Å². The second-order valence-electron chi connectivity index (χ2n) is 8.53. The SMILES string of the molecule is CC(C)C(C)(C)[Si](C)(C)c1ncc(N=Nc2ccccc2)n1S(=O)(=O)N(C)C. The van der Waals surface area contributed by atoms with E-state index in [1.165, 1.54) is 28.6 Å². The van der Waals surface area contributed by atoms with E-state index in [1.54, 1.807) is 0 Å². The average molecular weight is 422 g/mol. The maximum absolute atomic E-state index is 13.2. The highest BCUT2D eigenvalue weighted by molar-refractivity contribution is 7.87. The van der Waals surface area contributed by atoms with Crippen LogP contribution in [0.3, 0.4) is 0 Å². The fourth-order valence-corrected chi connectivity index (χ4v) is 7.79. The lowest BCUT2D eigenvalue weighted by Crippen LogP contribution is -2.58. The van der Waals surface area contributed by atoms with Crippen molar-refractivity contribution in [2.45, 2.75) is 45.8 Å². The second kappa shape index (κ2) is 7.88. The van der Waals surface area contributed by atoms with E-state index in [2.05, 4.69) is 56.0 Å². The molecule has 0 bridgehead atoms. The normalized spacial score (nSPS) is 13.8. The Labute approximate surface area is 169 Å². The van der Waals surface area contributed by atoms with Gasteiger partial charge in [-0.15, -0.1) is 10.2 Å². The van der Waals surface area contributed by atoms with Crippen LogP contribution in [0.1, 0.15) is 27.7 Å². The zero-order chi connectivity index (χ0) is 21.3. The molecule has 7 nitrogen and oxygen atoms in total. The van der Waals surface area contributed by atoms with Crippen molar-refractivity contribution in [1.29, 1.82) is 0 Å². The van der Waals surface area contributed by atoms with Gasteiger partial charge in [0.2, 0.25) is 0 Å². The van der Waals surface area contributed by atoms with Gasteiger partial charge in [-0.1, -0.05) is 59.0 Å². The van der Waals surface area contributed by atoms with E-state index in [0.717, 1.165) is 0 Å². The number of benzene rings is 1. The third kappa shape index (κ3) is 3.97.